The molecule has 0 fully saturated rings. The lowest BCUT2D eigenvalue weighted by atomic mass is 9.88. The minimum atomic E-state index is -0.890. The Hall–Kier alpha value is -2.37. The van der Waals surface area contributed by atoms with Crippen LogP contribution in [0, 0.1) is 10.8 Å². The van der Waals surface area contributed by atoms with Crippen LogP contribution in [0.15, 0.2) is 24.3 Å². The van der Waals surface area contributed by atoms with Crippen molar-refractivity contribution in [2.45, 2.75) is 26.7 Å². The second-order valence-corrected chi connectivity index (χ2v) is 5.21. The summed E-state index contributed by atoms with van der Waals surface area (Å²) in [5.74, 6) is -0.851. The van der Waals surface area contributed by atoms with Gasteiger partial charge in [-0.05, 0) is 44.5 Å². The first kappa shape index (κ1) is 15.7. The number of aliphatic carboxylic acids is 1. The zero-order valence-corrected chi connectivity index (χ0v) is 11.6. The standard InChI is InChI=1S/C14H19N3O3/c1-14(2,13(18)19)8-7-11(16)20-12(17)9-3-5-10(15)6-4-9/h3-6,16-17H,7-8,15H2,1-2H3,(H,18,19)/p+1. The van der Waals surface area contributed by atoms with E-state index in [4.69, 9.17) is 26.4 Å². The van der Waals surface area contributed by atoms with E-state index in [0.717, 1.165) is 0 Å². The number of anilines is 1. The molecule has 0 unspecified atom stereocenters. The summed E-state index contributed by atoms with van der Waals surface area (Å²) in [5, 5.41) is 22.4. The monoisotopic (exact) mass is 278 g/mol. The van der Waals surface area contributed by atoms with E-state index in [2.05, 4.69) is 0 Å². The Labute approximate surface area is 117 Å². The Morgan fingerprint density at radius 1 is 1.40 bits per heavy atom. The maximum atomic E-state index is 11.0. The van der Waals surface area contributed by atoms with Crippen molar-refractivity contribution in [1.82, 2.24) is 0 Å². The molecule has 0 aliphatic rings. The van der Waals surface area contributed by atoms with Crippen LogP contribution in [-0.4, -0.2) is 22.9 Å². The predicted octanol–water partition coefficient (Wildman–Crippen LogP) is 0.659. The van der Waals surface area contributed by atoms with Crippen molar-refractivity contribution in [1.29, 1.82) is 5.41 Å². The van der Waals surface area contributed by atoms with Gasteiger partial charge in [0, 0.05) is 11.3 Å². The fourth-order valence-corrected chi connectivity index (χ4v) is 1.42. The number of nitrogens with one attached hydrogen (secondary N) is 1. The molecule has 0 saturated carbocycles. The lowest BCUT2D eigenvalue weighted by Crippen LogP contribution is -2.43. The normalized spacial score (nSPS) is 10.9. The Morgan fingerprint density at radius 3 is 2.45 bits per heavy atom. The summed E-state index contributed by atoms with van der Waals surface area (Å²) in [7, 11) is 0. The van der Waals surface area contributed by atoms with Crippen LogP contribution in [0.5, 0.6) is 0 Å². The van der Waals surface area contributed by atoms with Crippen molar-refractivity contribution in [3.63, 3.8) is 0 Å². The second-order valence-electron chi connectivity index (χ2n) is 5.21. The van der Waals surface area contributed by atoms with Crippen molar-refractivity contribution < 1.29 is 20.0 Å². The Morgan fingerprint density at radius 2 is 1.95 bits per heavy atom. The van der Waals surface area contributed by atoms with Crippen molar-refractivity contribution >= 4 is 23.5 Å². The van der Waals surface area contributed by atoms with Crippen LogP contribution >= 0.6 is 0 Å². The van der Waals surface area contributed by atoms with Gasteiger partial charge in [0.2, 0.25) is 5.90 Å². The van der Waals surface area contributed by atoms with E-state index in [1.165, 1.54) is 0 Å². The summed E-state index contributed by atoms with van der Waals surface area (Å²) in [6.07, 6.45) is 0.611. The minimum absolute atomic E-state index is 0.0874. The molecule has 0 amide bonds. The number of benzene rings is 1. The van der Waals surface area contributed by atoms with Gasteiger partial charge in [0.25, 0.3) is 0 Å². The molecule has 108 valence electrons. The number of carboxylic acid groups (broad SMARTS) is 1. The summed E-state index contributed by atoms with van der Waals surface area (Å²) in [6, 6.07) is 6.65. The van der Waals surface area contributed by atoms with Gasteiger partial charge in [-0.1, -0.05) is 0 Å². The number of nitrogen functional groups attached to an aromatic ring is 1. The Bertz CT molecular complexity index is 521. The fourth-order valence-electron chi connectivity index (χ4n) is 1.42. The van der Waals surface area contributed by atoms with E-state index in [1.54, 1.807) is 38.1 Å². The van der Waals surface area contributed by atoms with Crippen LogP contribution in [0.4, 0.5) is 5.69 Å². The molecule has 0 bridgehead atoms. The largest absolute Gasteiger partial charge is 0.481 e. The van der Waals surface area contributed by atoms with E-state index in [1.807, 2.05) is 0 Å². The highest BCUT2D eigenvalue weighted by Gasteiger charge is 2.28. The zero-order chi connectivity index (χ0) is 15.3. The molecule has 6 heteroatoms. The molecule has 0 saturated heterocycles. The van der Waals surface area contributed by atoms with Crippen LogP contribution in [-0.2, 0) is 9.53 Å². The van der Waals surface area contributed by atoms with E-state index < -0.39 is 11.4 Å². The van der Waals surface area contributed by atoms with Crippen LogP contribution in [0.25, 0.3) is 0 Å². The Balaban J connectivity index is 2.52. The number of rotatable bonds is 5. The van der Waals surface area contributed by atoms with Crippen LogP contribution in [0.3, 0.4) is 0 Å². The topological polar surface area (TPSA) is 122 Å². The lowest BCUT2D eigenvalue weighted by Gasteiger charge is -2.17. The molecule has 0 spiro atoms. The van der Waals surface area contributed by atoms with Gasteiger partial charge in [0.15, 0.2) is 0 Å². The molecule has 1 aromatic carbocycles. The molecule has 6 nitrogen and oxygen atoms in total. The maximum Gasteiger partial charge on any atom is 0.339 e. The van der Waals surface area contributed by atoms with E-state index in [-0.39, 0.29) is 18.2 Å². The van der Waals surface area contributed by atoms with Crippen molar-refractivity contribution in [3.8, 4) is 0 Å². The van der Waals surface area contributed by atoms with Gasteiger partial charge in [-0.25, -0.2) is 5.41 Å². The number of hydrogen-bond acceptors (Lipinski definition) is 4. The molecule has 1 aromatic rings. The first-order valence-electron chi connectivity index (χ1n) is 6.19. The molecular weight excluding hydrogens is 258 g/mol. The number of nitrogens with two attached hydrogens (primary N) is 2. The average Bonchev–Trinajstić information content (AvgIpc) is 2.37. The average molecular weight is 278 g/mol. The SMILES string of the molecule is CC(C)(CCC(=[NH2+])OC(=N)c1ccc(N)cc1)C(=O)O. The van der Waals surface area contributed by atoms with Crippen LogP contribution in [0.1, 0.15) is 32.3 Å². The smallest absolute Gasteiger partial charge is 0.339 e. The van der Waals surface area contributed by atoms with Crippen LogP contribution in [0.2, 0.25) is 0 Å². The lowest BCUT2D eigenvalue weighted by molar-refractivity contribution is -0.148. The molecule has 1 rings (SSSR count). The second kappa shape index (κ2) is 6.18. The van der Waals surface area contributed by atoms with Gasteiger partial charge in [-0.15, -0.1) is 0 Å². The van der Waals surface area contributed by atoms with E-state index in [9.17, 15) is 4.79 Å². The van der Waals surface area contributed by atoms with Gasteiger partial charge >= 0.3 is 11.9 Å². The molecule has 6 N–H and O–H groups in total. The van der Waals surface area contributed by atoms with Gasteiger partial charge in [-0.2, -0.15) is 0 Å². The first-order chi connectivity index (χ1) is 9.22. The minimum Gasteiger partial charge on any atom is -0.481 e. The molecular formula is C14H20N3O3+. The van der Waals surface area contributed by atoms with Crippen molar-refractivity contribution in [2.24, 2.45) is 5.41 Å². The molecule has 0 aliphatic heterocycles. The molecule has 0 heterocycles. The molecule has 0 aliphatic carbocycles. The fraction of sp³-hybridized carbons (Fsp3) is 0.357. The third kappa shape index (κ3) is 4.38. The highest BCUT2D eigenvalue weighted by Crippen LogP contribution is 2.22. The zero-order valence-electron chi connectivity index (χ0n) is 11.6. The molecule has 0 atom stereocenters. The maximum absolute atomic E-state index is 11.0. The van der Waals surface area contributed by atoms with Gasteiger partial charge in [0.05, 0.1) is 11.8 Å². The third-order valence-corrected chi connectivity index (χ3v) is 2.98. The van der Waals surface area contributed by atoms with E-state index >= 15 is 0 Å². The summed E-state index contributed by atoms with van der Waals surface area (Å²) in [4.78, 5) is 11.0. The van der Waals surface area contributed by atoms with Gasteiger partial charge in [-0.3, -0.25) is 10.2 Å². The van der Waals surface area contributed by atoms with Gasteiger partial charge in [0.1, 0.15) is 0 Å². The van der Waals surface area contributed by atoms with Crippen LogP contribution < -0.4 is 11.1 Å². The number of carboxylic acids is 1. The quantitative estimate of drug-likeness (QED) is 0.359. The molecule has 0 radical (unpaired) electrons. The highest BCUT2D eigenvalue weighted by molar-refractivity contribution is 5.98. The summed E-state index contributed by atoms with van der Waals surface area (Å²) >= 11 is 0. The third-order valence-electron chi connectivity index (χ3n) is 2.98. The van der Waals surface area contributed by atoms with Gasteiger partial charge < -0.3 is 15.6 Å². The Kier molecular flexibility index (Phi) is 4.85. The number of hydrogen-bond donors (Lipinski definition) is 4. The number of carbonyl (C=O) groups is 1. The summed E-state index contributed by atoms with van der Waals surface area (Å²) in [5.41, 5.74) is 5.83. The summed E-state index contributed by atoms with van der Waals surface area (Å²) in [6.45, 7) is 3.24. The first-order valence-corrected chi connectivity index (χ1v) is 6.19. The molecule has 0 aromatic heterocycles. The highest BCUT2D eigenvalue weighted by atomic mass is 16.5. The van der Waals surface area contributed by atoms with Crippen molar-refractivity contribution in [3.05, 3.63) is 29.8 Å². The van der Waals surface area contributed by atoms with E-state index in [0.29, 0.717) is 17.7 Å². The molecule has 20 heavy (non-hydrogen) atoms. The van der Waals surface area contributed by atoms with Crippen molar-refractivity contribution in [2.75, 3.05) is 5.73 Å². The number of ether oxygens (including phenoxy) is 1. The summed E-state index contributed by atoms with van der Waals surface area (Å²) < 4.78 is 5.20. The predicted molar refractivity (Wildman–Crippen MR) is 76.4 cm³/mol.